The van der Waals surface area contributed by atoms with Crippen LogP contribution in [0.1, 0.15) is 26.2 Å². The minimum absolute atomic E-state index is 0.0162. The molecule has 13 N–H and O–H groups in total. The number of amidine groups is 1. The molecule has 40 heavy (non-hydrogen) atoms. The molecule has 2 aliphatic heterocycles. The van der Waals surface area contributed by atoms with E-state index in [0.29, 0.717) is 25.9 Å². The fraction of sp³-hybridized carbons (Fsp3) is 0.958. The van der Waals surface area contributed by atoms with E-state index in [-0.39, 0.29) is 25.7 Å². The summed E-state index contributed by atoms with van der Waals surface area (Å²) < 4.78 is 36.8. The molecule has 0 bridgehead atoms. The van der Waals surface area contributed by atoms with Gasteiger partial charge in [0.15, 0.2) is 12.6 Å². The highest BCUT2D eigenvalue weighted by Gasteiger charge is 2.51. The first-order valence-corrected chi connectivity index (χ1v) is 13.7. The van der Waals surface area contributed by atoms with Crippen molar-refractivity contribution in [3.8, 4) is 0 Å². The molecule has 0 spiro atoms. The van der Waals surface area contributed by atoms with E-state index in [1.54, 1.807) is 7.05 Å². The van der Waals surface area contributed by atoms with Gasteiger partial charge in [-0.05, 0) is 33.2 Å². The van der Waals surface area contributed by atoms with Crippen LogP contribution in [-0.4, -0.2) is 150 Å². The van der Waals surface area contributed by atoms with Crippen LogP contribution < -0.4 is 27.4 Å². The van der Waals surface area contributed by atoms with Gasteiger partial charge in [0.1, 0.15) is 48.6 Å². The summed E-state index contributed by atoms with van der Waals surface area (Å²) in [7, 11) is 1.56. The second-order valence-electron chi connectivity index (χ2n) is 11.0. The molecule has 7 unspecified atom stereocenters. The maximum Gasteiger partial charge on any atom is 0.185 e. The van der Waals surface area contributed by atoms with Crippen molar-refractivity contribution in [3.05, 3.63) is 0 Å². The SMILES string of the molecule is CN[C@@H]1C(O)[C@@H](OC2C(O)C(O[C@H]3O[C@H](CNCCO)CCC3N)[C@@H](N)C[C@H]2NC(=N)C(O)CF)OCC1(C)O. The summed E-state index contributed by atoms with van der Waals surface area (Å²) in [4.78, 5) is 0. The standard InChI is InChI=1S/C24H47FN6O9/c1-24(36)10-37-23(17(35)20(24)29-2)40-19-14(31-21(28)15(33)8-25)7-13(27)18(16(19)34)39-22-12(26)4-3-11(38-22)9-30-5-6-32/h11-20,22-23,29-30,32-36H,3-10,26-27H2,1-2H3,(H2,28,31)/t11-,12?,13-,14+,15?,16?,17?,18?,19?,20+,22+,23+,24?/m0/s1. The highest BCUT2D eigenvalue weighted by atomic mass is 19.1. The van der Waals surface area contributed by atoms with Crippen molar-refractivity contribution in [2.75, 3.05) is 40.0 Å². The molecule has 0 amide bonds. The van der Waals surface area contributed by atoms with E-state index in [4.69, 9.17) is 40.9 Å². The number of rotatable bonds is 12. The van der Waals surface area contributed by atoms with Crippen LogP contribution >= 0.6 is 0 Å². The van der Waals surface area contributed by atoms with E-state index in [9.17, 15) is 24.8 Å². The van der Waals surface area contributed by atoms with Crippen molar-refractivity contribution in [2.24, 2.45) is 11.5 Å². The molecule has 234 valence electrons. The molecule has 1 saturated carbocycles. The number of hydrogen-bond acceptors (Lipinski definition) is 14. The molecule has 3 fully saturated rings. The van der Waals surface area contributed by atoms with Gasteiger partial charge in [-0.3, -0.25) is 5.41 Å². The topological polar surface area (TPSA) is 250 Å². The highest BCUT2D eigenvalue weighted by Crippen LogP contribution is 2.32. The van der Waals surface area contributed by atoms with Gasteiger partial charge in [0, 0.05) is 19.1 Å². The fourth-order valence-corrected chi connectivity index (χ4v) is 5.48. The van der Waals surface area contributed by atoms with Gasteiger partial charge in [0.2, 0.25) is 0 Å². The maximum atomic E-state index is 13.0. The first kappa shape index (κ1) is 33.4. The number of nitrogens with one attached hydrogen (secondary N) is 4. The zero-order chi connectivity index (χ0) is 29.6. The molecule has 0 aromatic carbocycles. The average molecular weight is 583 g/mol. The maximum absolute atomic E-state index is 13.0. The summed E-state index contributed by atoms with van der Waals surface area (Å²) in [5.41, 5.74) is 11.2. The monoisotopic (exact) mass is 582 g/mol. The number of hydrogen-bond donors (Lipinski definition) is 11. The lowest BCUT2D eigenvalue weighted by molar-refractivity contribution is -0.307. The second-order valence-corrected chi connectivity index (χ2v) is 11.0. The Balaban J connectivity index is 1.78. The second kappa shape index (κ2) is 14.9. The van der Waals surface area contributed by atoms with Crippen molar-refractivity contribution in [2.45, 2.75) is 105 Å². The van der Waals surface area contributed by atoms with Gasteiger partial charge in [-0.1, -0.05) is 0 Å². The number of ether oxygens (including phenoxy) is 4. The van der Waals surface area contributed by atoms with Crippen molar-refractivity contribution in [3.63, 3.8) is 0 Å². The van der Waals surface area contributed by atoms with Crippen LogP contribution in [0.15, 0.2) is 0 Å². The number of aliphatic hydroxyl groups is 5. The van der Waals surface area contributed by atoms with Gasteiger partial charge >= 0.3 is 0 Å². The van der Waals surface area contributed by atoms with Crippen molar-refractivity contribution >= 4 is 5.84 Å². The number of alkyl halides is 1. The number of aliphatic hydroxyl groups excluding tert-OH is 4. The summed E-state index contributed by atoms with van der Waals surface area (Å²) in [5, 5.41) is 68.3. The summed E-state index contributed by atoms with van der Waals surface area (Å²) in [5.74, 6) is -0.531. The normalized spacial score (nSPS) is 43.3. The first-order valence-electron chi connectivity index (χ1n) is 13.7. The molecule has 3 rings (SSSR count). The zero-order valence-corrected chi connectivity index (χ0v) is 23.0. The third-order valence-electron chi connectivity index (χ3n) is 7.72. The van der Waals surface area contributed by atoms with Crippen molar-refractivity contribution < 1.29 is 48.9 Å². The Morgan fingerprint density at radius 3 is 2.50 bits per heavy atom. The first-order chi connectivity index (χ1) is 18.9. The van der Waals surface area contributed by atoms with Crippen LogP contribution in [0, 0.1) is 5.41 Å². The molecule has 16 heteroatoms. The minimum atomic E-state index is -1.71. The predicted octanol–water partition coefficient (Wildman–Crippen LogP) is -4.41. The number of nitrogens with two attached hydrogens (primary N) is 2. The third-order valence-corrected chi connectivity index (χ3v) is 7.72. The number of likely N-dealkylation sites (N-methyl/N-ethyl adjacent to an activating group) is 1. The summed E-state index contributed by atoms with van der Waals surface area (Å²) in [6.45, 7) is 0.971. The van der Waals surface area contributed by atoms with Crippen LogP contribution in [0.25, 0.3) is 0 Å². The Morgan fingerprint density at radius 1 is 1.15 bits per heavy atom. The molecular formula is C24H47FN6O9. The zero-order valence-electron chi connectivity index (χ0n) is 23.0. The van der Waals surface area contributed by atoms with E-state index in [1.807, 2.05) is 0 Å². The Morgan fingerprint density at radius 2 is 1.85 bits per heavy atom. The molecule has 1 aliphatic carbocycles. The third kappa shape index (κ3) is 8.03. The van der Waals surface area contributed by atoms with Gasteiger partial charge in [-0.2, -0.15) is 0 Å². The van der Waals surface area contributed by atoms with Crippen LogP contribution in [-0.2, 0) is 18.9 Å². The van der Waals surface area contributed by atoms with E-state index in [1.165, 1.54) is 6.92 Å². The van der Waals surface area contributed by atoms with E-state index in [0.717, 1.165) is 0 Å². The molecule has 0 radical (unpaired) electrons. The fourth-order valence-electron chi connectivity index (χ4n) is 5.48. The van der Waals surface area contributed by atoms with Gasteiger partial charge < -0.3 is 71.9 Å². The van der Waals surface area contributed by atoms with Gasteiger partial charge in [0.25, 0.3) is 0 Å². The Labute approximate surface area is 233 Å². The minimum Gasteiger partial charge on any atom is -0.395 e. The molecule has 0 aromatic heterocycles. The Kier molecular flexibility index (Phi) is 12.4. The largest absolute Gasteiger partial charge is 0.395 e. The molecule has 13 atom stereocenters. The highest BCUT2D eigenvalue weighted by molar-refractivity contribution is 5.83. The molecule has 2 heterocycles. The summed E-state index contributed by atoms with van der Waals surface area (Å²) in [6, 6.07) is -3.04. The Bertz CT molecular complexity index is 804. The summed E-state index contributed by atoms with van der Waals surface area (Å²) in [6.07, 6.45) is -7.90. The molecule has 15 nitrogen and oxygen atoms in total. The van der Waals surface area contributed by atoms with Crippen LogP contribution in [0.5, 0.6) is 0 Å². The van der Waals surface area contributed by atoms with Gasteiger partial charge in [0.05, 0.1) is 37.4 Å². The van der Waals surface area contributed by atoms with Gasteiger partial charge in [-0.15, -0.1) is 0 Å². The molecule has 3 aliphatic rings. The molecular weight excluding hydrogens is 535 g/mol. The average Bonchev–Trinajstić information content (AvgIpc) is 2.91. The van der Waals surface area contributed by atoms with Crippen LogP contribution in [0.3, 0.4) is 0 Å². The predicted molar refractivity (Wildman–Crippen MR) is 140 cm³/mol. The lowest BCUT2D eigenvalue weighted by Crippen LogP contribution is -2.69. The summed E-state index contributed by atoms with van der Waals surface area (Å²) >= 11 is 0. The molecule has 2 saturated heterocycles. The Hall–Kier alpha value is -1.12. The number of halogens is 1. The van der Waals surface area contributed by atoms with E-state index < -0.39 is 85.4 Å². The van der Waals surface area contributed by atoms with Crippen molar-refractivity contribution in [1.29, 1.82) is 5.41 Å². The van der Waals surface area contributed by atoms with Gasteiger partial charge in [-0.25, -0.2) is 4.39 Å². The lowest BCUT2D eigenvalue weighted by atomic mass is 9.83. The van der Waals surface area contributed by atoms with E-state index in [2.05, 4.69) is 16.0 Å². The van der Waals surface area contributed by atoms with Crippen molar-refractivity contribution in [1.82, 2.24) is 16.0 Å². The van der Waals surface area contributed by atoms with E-state index >= 15 is 0 Å². The molecule has 0 aromatic rings. The smallest absolute Gasteiger partial charge is 0.185 e. The quantitative estimate of drug-likeness (QED) is 0.0591. The van der Waals surface area contributed by atoms with Crippen LogP contribution in [0.2, 0.25) is 0 Å². The lowest BCUT2D eigenvalue weighted by Gasteiger charge is -2.49. The van der Waals surface area contributed by atoms with Crippen LogP contribution in [0.4, 0.5) is 4.39 Å².